The van der Waals surface area contributed by atoms with Crippen molar-refractivity contribution in [3.63, 3.8) is 0 Å². The van der Waals surface area contributed by atoms with Gasteiger partial charge in [0.25, 0.3) is 0 Å². The smallest absolute Gasteiger partial charge is 0.211 e. The second kappa shape index (κ2) is 9.41. The number of rotatable bonds is 6. The number of aryl methyl sites for hydroxylation is 2. The molecule has 0 atom stereocenters. The van der Waals surface area contributed by atoms with Gasteiger partial charge in [0.05, 0.1) is 22.0 Å². The number of thiazole rings is 1. The SMILES string of the molecule is Cc1ccc(/C=C\C(=O)c2sc(-n3nc(-c4ccccc4)cc3-c3ccccc3)nc2C)cc1. The van der Waals surface area contributed by atoms with Crippen molar-refractivity contribution in [2.75, 3.05) is 0 Å². The van der Waals surface area contributed by atoms with E-state index in [4.69, 9.17) is 10.1 Å². The van der Waals surface area contributed by atoms with Crippen molar-refractivity contribution in [1.29, 1.82) is 0 Å². The quantitative estimate of drug-likeness (QED) is 0.199. The van der Waals surface area contributed by atoms with Crippen molar-refractivity contribution in [3.8, 4) is 27.6 Å². The number of hydrogen-bond acceptors (Lipinski definition) is 4. The van der Waals surface area contributed by atoms with Crippen LogP contribution in [0.4, 0.5) is 0 Å². The maximum atomic E-state index is 13.0. The van der Waals surface area contributed by atoms with E-state index in [2.05, 4.69) is 18.2 Å². The summed E-state index contributed by atoms with van der Waals surface area (Å²) in [7, 11) is 0. The molecule has 166 valence electrons. The number of aromatic nitrogens is 3. The maximum Gasteiger partial charge on any atom is 0.211 e. The first-order valence-corrected chi connectivity index (χ1v) is 11.9. The summed E-state index contributed by atoms with van der Waals surface area (Å²) in [4.78, 5) is 18.3. The fourth-order valence-corrected chi connectivity index (χ4v) is 4.67. The largest absolute Gasteiger partial charge is 0.288 e. The number of ketones is 1. The standard InChI is InChI=1S/C29H23N3OS/c1-20-13-15-22(16-14-20)17-18-27(33)28-21(2)30-29(34-28)32-26(24-11-7-4-8-12-24)19-25(31-32)23-9-5-3-6-10-23/h3-19H,1-2H3/b18-17-. The van der Waals surface area contributed by atoms with Gasteiger partial charge in [0, 0.05) is 11.1 Å². The molecule has 4 nitrogen and oxygen atoms in total. The van der Waals surface area contributed by atoms with Crippen LogP contribution in [0.2, 0.25) is 0 Å². The highest BCUT2D eigenvalue weighted by atomic mass is 32.1. The van der Waals surface area contributed by atoms with Crippen molar-refractivity contribution in [2.45, 2.75) is 13.8 Å². The first kappa shape index (κ1) is 21.7. The Kier molecular flexibility index (Phi) is 6.02. The molecule has 0 bridgehead atoms. The van der Waals surface area contributed by atoms with Crippen LogP contribution in [0, 0.1) is 13.8 Å². The molecule has 0 aliphatic rings. The molecular weight excluding hydrogens is 438 g/mol. The van der Waals surface area contributed by atoms with Gasteiger partial charge < -0.3 is 0 Å². The number of benzene rings is 3. The molecule has 0 N–H and O–H groups in total. The molecule has 2 aromatic heterocycles. The van der Waals surface area contributed by atoms with Crippen molar-refractivity contribution < 1.29 is 4.79 Å². The molecule has 34 heavy (non-hydrogen) atoms. The van der Waals surface area contributed by atoms with Gasteiger partial charge in [0.2, 0.25) is 5.13 Å². The minimum atomic E-state index is -0.0569. The molecule has 5 heteroatoms. The van der Waals surface area contributed by atoms with Crippen molar-refractivity contribution in [1.82, 2.24) is 14.8 Å². The van der Waals surface area contributed by atoms with Crippen LogP contribution >= 0.6 is 11.3 Å². The van der Waals surface area contributed by atoms with Crippen molar-refractivity contribution in [3.05, 3.63) is 119 Å². The molecule has 0 saturated carbocycles. The Morgan fingerprint density at radius 2 is 1.50 bits per heavy atom. The van der Waals surface area contributed by atoms with Crippen LogP contribution in [0.1, 0.15) is 26.5 Å². The average molecular weight is 462 g/mol. The van der Waals surface area contributed by atoms with E-state index in [1.54, 1.807) is 6.08 Å². The molecular formula is C29H23N3OS. The first-order valence-electron chi connectivity index (χ1n) is 11.1. The molecule has 0 unspecified atom stereocenters. The summed E-state index contributed by atoms with van der Waals surface area (Å²) in [5.41, 5.74) is 6.75. The number of carbonyl (C=O) groups excluding carboxylic acids is 1. The molecule has 0 aliphatic heterocycles. The van der Waals surface area contributed by atoms with Gasteiger partial charge in [0.15, 0.2) is 5.78 Å². The van der Waals surface area contributed by atoms with Gasteiger partial charge in [0.1, 0.15) is 0 Å². The zero-order valence-electron chi connectivity index (χ0n) is 19.0. The molecule has 2 heterocycles. The Morgan fingerprint density at radius 3 is 2.18 bits per heavy atom. The Labute approximate surface area is 202 Å². The molecule has 3 aromatic carbocycles. The first-order chi connectivity index (χ1) is 16.6. The lowest BCUT2D eigenvalue weighted by molar-refractivity contribution is 0.105. The lowest BCUT2D eigenvalue weighted by Crippen LogP contribution is -1.98. The van der Waals surface area contributed by atoms with E-state index in [1.807, 2.05) is 97.4 Å². The van der Waals surface area contributed by atoms with Crippen LogP contribution in [0.15, 0.2) is 97.1 Å². The third-order valence-electron chi connectivity index (χ3n) is 5.54. The zero-order valence-corrected chi connectivity index (χ0v) is 19.8. The average Bonchev–Trinajstić information content (AvgIpc) is 3.49. The van der Waals surface area contributed by atoms with E-state index in [9.17, 15) is 4.79 Å². The summed E-state index contributed by atoms with van der Waals surface area (Å²) in [5, 5.41) is 5.55. The molecule has 5 aromatic rings. The highest BCUT2D eigenvalue weighted by molar-refractivity contribution is 7.16. The van der Waals surface area contributed by atoms with Gasteiger partial charge in [-0.15, -0.1) is 0 Å². The predicted octanol–water partition coefficient (Wildman–Crippen LogP) is 7.18. The molecule has 0 fully saturated rings. The van der Waals surface area contributed by atoms with E-state index in [0.29, 0.717) is 15.7 Å². The number of hydrogen-bond donors (Lipinski definition) is 0. The number of allylic oxidation sites excluding steroid dienone is 1. The van der Waals surface area contributed by atoms with Crippen LogP contribution in [-0.2, 0) is 0 Å². The Bertz CT molecular complexity index is 1460. The zero-order chi connectivity index (χ0) is 23.5. The van der Waals surface area contributed by atoms with E-state index >= 15 is 0 Å². The van der Waals surface area contributed by atoms with Gasteiger partial charge in [-0.3, -0.25) is 4.79 Å². The number of nitrogens with zero attached hydrogens (tertiary/aromatic N) is 3. The monoisotopic (exact) mass is 461 g/mol. The van der Waals surface area contributed by atoms with Crippen LogP contribution in [0.5, 0.6) is 0 Å². The maximum absolute atomic E-state index is 13.0. The Morgan fingerprint density at radius 1 is 0.853 bits per heavy atom. The van der Waals surface area contributed by atoms with Gasteiger partial charge >= 0.3 is 0 Å². The summed E-state index contributed by atoms with van der Waals surface area (Å²) < 4.78 is 1.84. The lowest BCUT2D eigenvalue weighted by atomic mass is 10.1. The Balaban J connectivity index is 1.53. The van der Waals surface area contributed by atoms with Gasteiger partial charge in [-0.05, 0) is 31.6 Å². The third kappa shape index (κ3) is 4.51. The van der Waals surface area contributed by atoms with Crippen LogP contribution in [-0.4, -0.2) is 20.5 Å². The second-order valence-corrected chi connectivity index (χ2v) is 9.06. The second-order valence-electron chi connectivity index (χ2n) is 8.08. The minimum absolute atomic E-state index is 0.0569. The summed E-state index contributed by atoms with van der Waals surface area (Å²) in [6.45, 7) is 3.92. The van der Waals surface area contributed by atoms with Gasteiger partial charge in [-0.1, -0.05) is 108 Å². The van der Waals surface area contributed by atoms with Gasteiger partial charge in [-0.25, -0.2) is 9.67 Å². The normalized spacial score (nSPS) is 11.2. The Hall–Kier alpha value is -4.09. The van der Waals surface area contributed by atoms with Crippen molar-refractivity contribution >= 4 is 23.2 Å². The highest BCUT2D eigenvalue weighted by Crippen LogP contribution is 2.31. The molecule has 0 radical (unpaired) electrons. The summed E-state index contributed by atoms with van der Waals surface area (Å²) in [5.74, 6) is -0.0569. The summed E-state index contributed by atoms with van der Waals surface area (Å²) in [6.07, 6.45) is 3.46. The fraction of sp³-hybridized carbons (Fsp3) is 0.0690. The number of carbonyl (C=O) groups is 1. The molecule has 0 aliphatic carbocycles. The summed E-state index contributed by atoms with van der Waals surface area (Å²) in [6, 6.07) is 30.3. The van der Waals surface area contributed by atoms with E-state index in [0.717, 1.165) is 28.1 Å². The molecule has 0 saturated heterocycles. The van der Waals surface area contributed by atoms with E-state index in [1.165, 1.54) is 16.9 Å². The van der Waals surface area contributed by atoms with Gasteiger partial charge in [-0.2, -0.15) is 5.10 Å². The molecule has 5 rings (SSSR count). The third-order valence-corrected chi connectivity index (χ3v) is 6.69. The summed E-state index contributed by atoms with van der Waals surface area (Å²) >= 11 is 1.36. The van der Waals surface area contributed by atoms with Crippen LogP contribution in [0.3, 0.4) is 0 Å². The van der Waals surface area contributed by atoms with Crippen molar-refractivity contribution in [2.24, 2.45) is 0 Å². The topological polar surface area (TPSA) is 47.8 Å². The minimum Gasteiger partial charge on any atom is -0.288 e. The van der Waals surface area contributed by atoms with Crippen LogP contribution < -0.4 is 0 Å². The van der Waals surface area contributed by atoms with Crippen LogP contribution in [0.25, 0.3) is 33.7 Å². The predicted molar refractivity (Wildman–Crippen MR) is 139 cm³/mol. The lowest BCUT2D eigenvalue weighted by Gasteiger charge is -2.03. The fourth-order valence-electron chi connectivity index (χ4n) is 3.72. The van der Waals surface area contributed by atoms with E-state index < -0.39 is 0 Å². The highest BCUT2D eigenvalue weighted by Gasteiger charge is 2.19. The molecule has 0 spiro atoms. The van der Waals surface area contributed by atoms with E-state index in [-0.39, 0.29) is 5.78 Å². The molecule has 0 amide bonds.